The number of rotatable bonds is 4. The zero-order valence-corrected chi connectivity index (χ0v) is 22.6. The van der Waals surface area contributed by atoms with Gasteiger partial charge in [-0.1, -0.05) is 103 Å². The van der Waals surface area contributed by atoms with Gasteiger partial charge in [-0.3, -0.25) is 4.57 Å². The predicted molar refractivity (Wildman–Crippen MR) is 168 cm³/mol. The quantitative estimate of drug-likeness (QED) is 0.226. The van der Waals surface area contributed by atoms with Gasteiger partial charge in [0.25, 0.3) is 0 Å². The van der Waals surface area contributed by atoms with E-state index in [1.54, 1.807) is 0 Å². The first-order chi connectivity index (χ1) is 19.8. The first-order valence-corrected chi connectivity index (χ1v) is 14.6. The highest BCUT2D eigenvalue weighted by molar-refractivity contribution is 8.00. The van der Waals surface area contributed by atoms with E-state index in [-0.39, 0.29) is 0 Å². The lowest BCUT2D eigenvalue weighted by atomic mass is 9.89. The largest absolute Gasteiger partial charge is 0.292 e. The first-order valence-electron chi connectivity index (χ1n) is 13.7. The average Bonchev–Trinajstić information content (AvgIpc) is 3.61. The Hall–Kier alpha value is -4.60. The molecule has 1 aromatic heterocycles. The Morgan fingerprint density at radius 2 is 1.32 bits per heavy atom. The van der Waals surface area contributed by atoms with Crippen molar-refractivity contribution in [2.75, 3.05) is 0 Å². The van der Waals surface area contributed by atoms with Gasteiger partial charge in [0, 0.05) is 27.3 Å². The van der Waals surface area contributed by atoms with E-state index in [1.165, 1.54) is 32.7 Å². The van der Waals surface area contributed by atoms with Gasteiger partial charge in [0.05, 0.1) is 11.0 Å². The number of thioether (sulfide) groups is 1. The van der Waals surface area contributed by atoms with Crippen LogP contribution in [0, 0.1) is 0 Å². The van der Waals surface area contributed by atoms with Crippen LogP contribution in [0.25, 0.3) is 50.4 Å². The monoisotopic (exact) mass is 530 g/mol. The maximum absolute atomic E-state index is 5.20. The van der Waals surface area contributed by atoms with Crippen molar-refractivity contribution >= 4 is 22.8 Å². The number of allylic oxidation sites excluding steroid dienone is 3. The summed E-state index contributed by atoms with van der Waals surface area (Å²) in [4.78, 5) is 6.59. The fourth-order valence-corrected chi connectivity index (χ4v) is 7.54. The van der Waals surface area contributed by atoms with Crippen LogP contribution < -0.4 is 0 Å². The van der Waals surface area contributed by atoms with Crippen molar-refractivity contribution in [2.45, 2.75) is 16.1 Å². The summed E-state index contributed by atoms with van der Waals surface area (Å²) in [5.74, 6) is 1.38. The third-order valence-corrected chi connectivity index (χ3v) is 9.34. The first kappa shape index (κ1) is 23.3. The topological polar surface area (TPSA) is 17.8 Å². The number of benzene rings is 5. The molecule has 0 bridgehead atoms. The molecule has 0 amide bonds. The van der Waals surface area contributed by atoms with Gasteiger partial charge in [-0.15, -0.1) is 11.8 Å². The van der Waals surface area contributed by atoms with Crippen LogP contribution in [0.5, 0.6) is 0 Å². The molecule has 8 rings (SSSR count). The zero-order chi connectivity index (χ0) is 26.5. The van der Waals surface area contributed by atoms with Crippen molar-refractivity contribution < 1.29 is 0 Å². The van der Waals surface area contributed by atoms with E-state index in [0.29, 0.717) is 11.2 Å². The Balaban J connectivity index is 1.38. The molecule has 3 heteroatoms. The molecule has 0 saturated carbocycles. The third-order valence-electron chi connectivity index (χ3n) is 7.93. The fraction of sp³-hybridized carbons (Fsp3) is 0.0541. The van der Waals surface area contributed by atoms with Gasteiger partial charge in [-0.05, 0) is 70.3 Å². The number of hydrogen-bond donors (Lipinski definition) is 0. The van der Waals surface area contributed by atoms with Crippen molar-refractivity contribution in [1.29, 1.82) is 0 Å². The summed E-state index contributed by atoms with van der Waals surface area (Å²) >= 11 is 1.99. The lowest BCUT2D eigenvalue weighted by molar-refractivity contribution is 0.881. The standard InChI is InChI=1S/C37H26N2S/c1-3-12-25(13-4-1)26-22-27(30-17-11-18-32-31-16-7-10-21-35(31)40-36(30)32)24-28(23-26)37-38-33-19-8-9-20-34(33)39(37)29-14-5-2-6-15-29/h1-24,31,35H. The number of nitrogens with zero attached hydrogens (tertiary/aromatic N) is 2. The Morgan fingerprint density at radius 1 is 0.600 bits per heavy atom. The highest BCUT2D eigenvalue weighted by Crippen LogP contribution is 2.52. The second-order valence-electron chi connectivity index (χ2n) is 10.4. The molecule has 2 aliphatic rings. The Bertz CT molecular complexity index is 1930. The number of imidazole rings is 1. The predicted octanol–water partition coefficient (Wildman–Crippen LogP) is 9.71. The van der Waals surface area contributed by atoms with Crippen LogP contribution in [0.1, 0.15) is 11.5 Å². The molecular weight excluding hydrogens is 504 g/mol. The molecule has 2 unspecified atom stereocenters. The Kier molecular flexibility index (Phi) is 5.56. The maximum Gasteiger partial charge on any atom is 0.145 e. The van der Waals surface area contributed by atoms with Gasteiger partial charge in [0.1, 0.15) is 5.82 Å². The molecule has 6 aromatic rings. The van der Waals surface area contributed by atoms with Crippen LogP contribution in [0.15, 0.2) is 151 Å². The molecule has 1 aliphatic heterocycles. The van der Waals surface area contributed by atoms with Gasteiger partial charge in [0.2, 0.25) is 0 Å². The van der Waals surface area contributed by atoms with Crippen LogP contribution in [-0.2, 0) is 0 Å². The molecule has 0 radical (unpaired) electrons. The molecule has 0 saturated heterocycles. The molecular formula is C37H26N2S. The molecule has 1 aliphatic carbocycles. The third kappa shape index (κ3) is 3.85. The van der Waals surface area contributed by atoms with Crippen molar-refractivity contribution in [3.8, 4) is 39.3 Å². The number of fused-ring (bicyclic) bond motifs is 4. The van der Waals surface area contributed by atoms with Gasteiger partial charge < -0.3 is 0 Å². The second kappa shape index (κ2) is 9.55. The van der Waals surface area contributed by atoms with Crippen LogP contribution in [0.3, 0.4) is 0 Å². The molecule has 0 N–H and O–H groups in total. The van der Waals surface area contributed by atoms with Crippen molar-refractivity contribution in [3.63, 3.8) is 0 Å². The van der Waals surface area contributed by atoms with Crippen LogP contribution in [-0.4, -0.2) is 14.8 Å². The minimum Gasteiger partial charge on any atom is -0.292 e. The molecule has 5 aromatic carbocycles. The lowest BCUT2D eigenvalue weighted by Gasteiger charge is -2.15. The van der Waals surface area contributed by atoms with Crippen LogP contribution in [0.4, 0.5) is 0 Å². The van der Waals surface area contributed by atoms with Crippen LogP contribution >= 0.6 is 11.8 Å². The van der Waals surface area contributed by atoms with Crippen LogP contribution in [0.2, 0.25) is 0 Å². The Morgan fingerprint density at radius 3 is 2.20 bits per heavy atom. The van der Waals surface area contributed by atoms with Gasteiger partial charge in [-0.2, -0.15) is 0 Å². The summed E-state index contributed by atoms with van der Waals surface area (Å²) in [7, 11) is 0. The van der Waals surface area contributed by atoms with E-state index in [0.717, 1.165) is 28.1 Å². The summed E-state index contributed by atoms with van der Waals surface area (Å²) in [6.07, 6.45) is 9.06. The SMILES string of the molecule is C1=CC2Sc3c(-c4cc(-c5ccccc5)cc(-c5nc6ccccc6n5-c5ccccc5)c4)cccc3C2C=C1. The molecule has 0 spiro atoms. The second-order valence-corrected chi connectivity index (χ2v) is 11.6. The minimum absolute atomic E-state index is 0.434. The number of hydrogen-bond acceptors (Lipinski definition) is 2. The normalized spacial score (nSPS) is 17.2. The molecule has 2 nitrogen and oxygen atoms in total. The number of aromatic nitrogens is 2. The maximum atomic E-state index is 5.20. The van der Waals surface area contributed by atoms with Gasteiger partial charge >= 0.3 is 0 Å². The zero-order valence-electron chi connectivity index (χ0n) is 21.8. The van der Waals surface area contributed by atoms with E-state index >= 15 is 0 Å². The van der Waals surface area contributed by atoms with E-state index in [2.05, 4.69) is 150 Å². The van der Waals surface area contributed by atoms with Gasteiger partial charge in [-0.25, -0.2) is 4.98 Å². The van der Waals surface area contributed by atoms with E-state index in [1.807, 2.05) is 11.8 Å². The summed E-state index contributed by atoms with van der Waals surface area (Å²) in [6, 6.07) is 43.4. The van der Waals surface area contributed by atoms with Gasteiger partial charge in [0.15, 0.2) is 0 Å². The summed E-state index contributed by atoms with van der Waals surface area (Å²) in [5, 5.41) is 0.459. The fourth-order valence-electron chi connectivity index (χ4n) is 6.06. The smallest absolute Gasteiger partial charge is 0.145 e. The summed E-state index contributed by atoms with van der Waals surface area (Å²) in [6.45, 7) is 0. The molecule has 0 fully saturated rings. The Labute approximate surface area is 238 Å². The lowest BCUT2D eigenvalue weighted by Crippen LogP contribution is -2.06. The average molecular weight is 531 g/mol. The summed E-state index contributed by atoms with van der Waals surface area (Å²) < 4.78 is 2.29. The van der Waals surface area contributed by atoms with Crippen molar-refractivity contribution in [1.82, 2.24) is 9.55 Å². The summed E-state index contributed by atoms with van der Waals surface area (Å²) in [5.41, 5.74) is 10.6. The van der Waals surface area contributed by atoms with E-state index < -0.39 is 0 Å². The molecule has 2 atom stereocenters. The highest BCUT2D eigenvalue weighted by Gasteiger charge is 2.32. The van der Waals surface area contributed by atoms with Crippen molar-refractivity contribution in [3.05, 3.63) is 151 Å². The van der Waals surface area contributed by atoms with E-state index in [9.17, 15) is 0 Å². The van der Waals surface area contributed by atoms with Crippen molar-refractivity contribution in [2.24, 2.45) is 0 Å². The molecule has 2 heterocycles. The van der Waals surface area contributed by atoms with E-state index in [4.69, 9.17) is 4.98 Å². The number of para-hydroxylation sites is 3. The minimum atomic E-state index is 0.434. The molecule has 40 heavy (non-hydrogen) atoms. The highest BCUT2D eigenvalue weighted by atomic mass is 32.2. The molecule has 190 valence electrons.